The highest BCUT2D eigenvalue weighted by Gasteiger charge is 2.25. The van der Waals surface area contributed by atoms with Crippen LogP contribution in [0.15, 0.2) is 96.4 Å². The number of hydrogen-bond acceptors (Lipinski definition) is 5. The molecule has 0 saturated carbocycles. The highest BCUT2D eigenvalue weighted by atomic mass is 32.1. The van der Waals surface area contributed by atoms with Gasteiger partial charge in [0.25, 0.3) is 5.91 Å². The number of thiophene rings is 1. The number of rotatable bonds is 6. The predicted octanol–water partition coefficient (Wildman–Crippen LogP) is 7.51. The average Bonchev–Trinajstić information content (AvgIpc) is 3.66. The highest BCUT2D eigenvalue weighted by Crippen LogP contribution is 2.34. The number of carbonyl (C=O) groups excluding carboxylic acids is 1. The van der Waals surface area contributed by atoms with Crippen LogP contribution in [-0.4, -0.2) is 20.7 Å². The zero-order valence-electron chi connectivity index (χ0n) is 19.8. The van der Waals surface area contributed by atoms with Crippen molar-refractivity contribution in [3.63, 3.8) is 0 Å². The Balaban J connectivity index is 1.40. The first-order chi connectivity index (χ1) is 18.1. The second-order valence-corrected chi connectivity index (χ2v) is 10.4. The van der Waals surface area contributed by atoms with Crippen molar-refractivity contribution < 1.29 is 9.18 Å². The summed E-state index contributed by atoms with van der Waals surface area (Å²) in [6.07, 6.45) is 0. The van der Waals surface area contributed by atoms with E-state index in [1.807, 2.05) is 83.7 Å². The van der Waals surface area contributed by atoms with E-state index in [1.165, 1.54) is 34.8 Å². The van der Waals surface area contributed by atoms with Gasteiger partial charge in [0.1, 0.15) is 10.6 Å². The molecule has 3 aromatic carbocycles. The van der Waals surface area contributed by atoms with Gasteiger partial charge in [0.15, 0.2) is 5.13 Å². The lowest BCUT2D eigenvalue weighted by Crippen LogP contribution is -2.29. The van der Waals surface area contributed by atoms with Gasteiger partial charge in [-0.3, -0.25) is 9.69 Å². The number of fused-ring (bicyclic) bond motifs is 1. The molecule has 0 aliphatic heterocycles. The van der Waals surface area contributed by atoms with Crippen molar-refractivity contribution in [2.24, 2.45) is 0 Å². The first-order valence-corrected chi connectivity index (χ1v) is 13.4. The number of halogens is 1. The number of aryl methyl sites for hydroxylation is 1. The molecule has 37 heavy (non-hydrogen) atoms. The fraction of sp³-hybridized carbons (Fsp3) is 0.0690. The molecule has 0 fully saturated rings. The summed E-state index contributed by atoms with van der Waals surface area (Å²) in [5, 5.41) is 8.15. The lowest BCUT2D eigenvalue weighted by atomic mass is 10.2. The minimum Gasteiger partial charge on any atom is -0.279 e. The maximum atomic E-state index is 14.0. The first kappa shape index (κ1) is 23.3. The number of benzene rings is 3. The monoisotopic (exact) mass is 524 g/mol. The van der Waals surface area contributed by atoms with Crippen molar-refractivity contribution in [1.29, 1.82) is 0 Å². The minimum atomic E-state index is -0.297. The predicted molar refractivity (Wildman–Crippen MR) is 148 cm³/mol. The lowest BCUT2D eigenvalue weighted by molar-refractivity contribution is 0.0989. The van der Waals surface area contributed by atoms with Gasteiger partial charge in [-0.25, -0.2) is 14.1 Å². The van der Waals surface area contributed by atoms with Gasteiger partial charge < -0.3 is 0 Å². The molecule has 0 spiro atoms. The molecule has 3 aromatic heterocycles. The summed E-state index contributed by atoms with van der Waals surface area (Å²) in [4.78, 5) is 22.0. The molecule has 182 valence electrons. The Labute approximate surface area is 221 Å². The summed E-state index contributed by atoms with van der Waals surface area (Å²) < 4.78 is 15.3. The fourth-order valence-electron chi connectivity index (χ4n) is 4.16. The van der Waals surface area contributed by atoms with E-state index in [4.69, 9.17) is 10.1 Å². The number of hydrogen-bond donors (Lipinski definition) is 0. The van der Waals surface area contributed by atoms with Crippen molar-refractivity contribution in [3.05, 3.63) is 118 Å². The van der Waals surface area contributed by atoms with Crippen molar-refractivity contribution >= 4 is 43.9 Å². The molecule has 5 nitrogen and oxygen atoms in total. The highest BCUT2D eigenvalue weighted by molar-refractivity contribution is 7.20. The smallest absolute Gasteiger partial charge is 0.270 e. The van der Waals surface area contributed by atoms with Gasteiger partial charge in [-0.1, -0.05) is 48.5 Å². The molecule has 0 aliphatic rings. The third-order valence-electron chi connectivity index (χ3n) is 6.05. The first-order valence-electron chi connectivity index (χ1n) is 11.7. The van der Waals surface area contributed by atoms with E-state index < -0.39 is 0 Å². The van der Waals surface area contributed by atoms with Crippen LogP contribution in [0.25, 0.3) is 27.2 Å². The summed E-state index contributed by atoms with van der Waals surface area (Å²) in [5.74, 6) is -0.418. The molecule has 8 heteroatoms. The Hall–Kier alpha value is -4.14. The Morgan fingerprint density at radius 1 is 0.973 bits per heavy atom. The van der Waals surface area contributed by atoms with Crippen LogP contribution in [0.5, 0.6) is 0 Å². The molecule has 6 aromatic rings. The maximum absolute atomic E-state index is 14.0. The number of carbonyl (C=O) groups is 1. The summed E-state index contributed by atoms with van der Waals surface area (Å²) in [7, 11) is 0. The van der Waals surface area contributed by atoms with Gasteiger partial charge in [-0.2, -0.15) is 5.10 Å². The van der Waals surface area contributed by atoms with Gasteiger partial charge >= 0.3 is 0 Å². The summed E-state index contributed by atoms with van der Waals surface area (Å²) in [5.41, 5.74) is 4.33. The molecule has 0 N–H and O–H groups in total. The van der Waals surface area contributed by atoms with Crippen LogP contribution in [0, 0.1) is 12.7 Å². The third-order valence-corrected chi connectivity index (χ3v) is 8.01. The van der Waals surface area contributed by atoms with Crippen LogP contribution in [0.3, 0.4) is 0 Å². The summed E-state index contributed by atoms with van der Waals surface area (Å²) in [6.45, 7) is 2.34. The maximum Gasteiger partial charge on any atom is 0.270 e. The average molecular weight is 525 g/mol. The molecule has 0 unspecified atom stereocenters. The fourth-order valence-corrected chi connectivity index (χ4v) is 6.13. The van der Waals surface area contributed by atoms with Crippen LogP contribution in [0.1, 0.15) is 20.9 Å². The van der Waals surface area contributed by atoms with Crippen LogP contribution < -0.4 is 4.90 Å². The molecule has 0 aliphatic carbocycles. The van der Waals surface area contributed by atoms with Gasteiger partial charge in [0.05, 0.1) is 28.5 Å². The molecular formula is C29H21FN4OS2. The van der Waals surface area contributed by atoms with Crippen molar-refractivity contribution in [2.75, 3.05) is 4.90 Å². The van der Waals surface area contributed by atoms with Crippen molar-refractivity contribution in [1.82, 2.24) is 14.8 Å². The Bertz CT molecular complexity index is 1690. The van der Waals surface area contributed by atoms with E-state index in [9.17, 15) is 9.18 Å². The zero-order chi connectivity index (χ0) is 25.4. The van der Waals surface area contributed by atoms with Crippen LogP contribution >= 0.6 is 22.7 Å². The van der Waals surface area contributed by atoms with Crippen LogP contribution in [0.2, 0.25) is 0 Å². The second kappa shape index (κ2) is 9.72. The number of para-hydroxylation sites is 1. The number of aromatic nitrogens is 3. The molecule has 0 radical (unpaired) electrons. The van der Waals surface area contributed by atoms with Gasteiger partial charge in [-0.05, 0) is 55.0 Å². The quantitative estimate of drug-likeness (QED) is 0.227. The number of nitrogens with zero attached hydrogens (tertiary/aromatic N) is 4. The molecule has 0 saturated heterocycles. The largest absolute Gasteiger partial charge is 0.279 e. The van der Waals surface area contributed by atoms with E-state index in [0.29, 0.717) is 22.2 Å². The van der Waals surface area contributed by atoms with Crippen LogP contribution in [0.4, 0.5) is 9.52 Å². The van der Waals surface area contributed by atoms with Gasteiger partial charge in [0, 0.05) is 16.3 Å². The van der Waals surface area contributed by atoms with E-state index >= 15 is 0 Å². The summed E-state index contributed by atoms with van der Waals surface area (Å²) in [6, 6.07) is 27.9. The Morgan fingerprint density at radius 3 is 2.41 bits per heavy atom. The SMILES string of the molecule is Cc1nn(-c2ccccc2)c2sc(C(=O)N(Cc3ccccc3)c3nc(-c4ccc(F)cc4)cs3)cc12. The normalized spacial score (nSPS) is 11.2. The molecule has 6 rings (SSSR count). The van der Waals surface area contributed by atoms with Crippen LogP contribution in [-0.2, 0) is 6.54 Å². The topological polar surface area (TPSA) is 51.0 Å². The molecular weight excluding hydrogens is 503 g/mol. The van der Waals surface area contributed by atoms with E-state index in [2.05, 4.69) is 0 Å². The summed E-state index contributed by atoms with van der Waals surface area (Å²) >= 11 is 2.83. The third kappa shape index (κ3) is 4.57. The van der Waals surface area contributed by atoms with Crippen molar-refractivity contribution in [2.45, 2.75) is 13.5 Å². The molecule has 0 bridgehead atoms. The van der Waals surface area contributed by atoms with Gasteiger partial charge in [0.2, 0.25) is 0 Å². The second-order valence-electron chi connectivity index (χ2n) is 8.56. The number of anilines is 1. The van der Waals surface area contributed by atoms with E-state index in [1.54, 1.807) is 17.0 Å². The van der Waals surface area contributed by atoms with Gasteiger partial charge in [-0.15, -0.1) is 22.7 Å². The zero-order valence-corrected chi connectivity index (χ0v) is 21.5. The Kier molecular flexibility index (Phi) is 6.12. The van der Waals surface area contributed by atoms with E-state index in [0.717, 1.165) is 32.7 Å². The molecule has 0 atom stereocenters. The number of thiazole rings is 1. The lowest BCUT2D eigenvalue weighted by Gasteiger charge is -2.19. The number of amides is 1. The standard InChI is InChI=1S/C29H21FN4OS2/c1-19-24-16-26(37-28(24)34(32-19)23-10-6-3-7-11-23)27(35)33(17-20-8-4-2-5-9-20)29-31-25(18-36-29)21-12-14-22(30)15-13-21/h2-16,18H,17H2,1H3. The van der Waals surface area contributed by atoms with E-state index in [-0.39, 0.29) is 11.7 Å². The van der Waals surface area contributed by atoms with Crippen molar-refractivity contribution in [3.8, 4) is 16.9 Å². The minimum absolute atomic E-state index is 0.121. The Morgan fingerprint density at radius 2 is 1.68 bits per heavy atom. The molecule has 3 heterocycles. The molecule has 1 amide bonds.